The monoisotopic (exact) mass is 308 g/mol. The van der Waals surface area contributed by atoms with Gasteiger partial charge >= 0.3 is 6.18 Å². The number of carbonyl (C=O) groups excluding carboxylic acids is 1. The third-order valence-electron chi connectivity index (χ3n) is 3.14. The fraction of sp³-hybridized carbons (Fsp3) is 0.462. The SMILES string of the molecule is CNc1c(F)cc(C(=O)N(CC(F)(F)F)C2CC2)cc1F. The predicted octanol–water partition coefficient (Wildman–Crippen LogP) is 3.17. The molecule has 1 aliphatic rings. The lowest BCUT2D eigenvalue weighted by molar-refractivity contribution is -0.141. The normalized spacial score (nSPS) is 15.0. The highest BCUT2D eigenvalue weighted by molar-refractivity contribution is 5.95. The lowest BCUT2D eigenvalue weighted by Gasteiger charge is -2.24. The molecule has 21 heavy (non-hydrogen) atoms. The summed E-state index contributed by atoms with van der Waals surface area (Å²) in [5, 5.41) is 2.28. The number of anilines is 1. The van der Waals surface area contributed by atoms with E-state index in [1.807, 2.05) is 0 Å². The van der Waals surface area contributed by atoms with E-state index in [4.69, 9.17) is 0 Å². The van der Waals surface area contributed by atoms with Crippen molar-refractivity contribution >= 4 is 11.6 Å². The summed E-state index contributed by atoms with van der Waals surface area (Å²) in [7, 11) is 1.29. The van der Waals surface area contributed by atoms with Crippen molar-refractivity contribution in [3.63, 3.8) is 0 Å². The Balaban J connectivity index is 2.29. The molecule has 0 aromatic heterocycles. The van der Waals surface area contributed by atoms with E-state index >= 15 is 0 Å². The van der Waals surface area contributed by atoms with Crippen LogP contribution in [0, 0.1) is 11.6 Å². The largest absolute Gasteiger partial charge is 0.406 e. The summed E-state index contributed by atoms with van der Waals surface area (Å²) >= 11 is 0. The van der Waals surface area contributed by atoms with Crippen molar-refractivity contribution in [2.75, 3.05) is 18.9 Å². The van der Waals surface area contributed by atoms with E-state index in [1.54, 1.807) is 0 Å². The van der Waals surface area contributed by atoms with Crippen LogP contribution in [0.15, 0.2) is 12.1 Å². The lowest BCUT2D eigenvalue weighted by atomic mass is 10.1. The molecule has 3 nitrogen and oxygen atoms in total. The Bertz CT molecular complexity index is 531. The maximum Gasteiger partial charge on any atom is 0.406 e. The summed E-state index contributed by atoms with van der Waals surface area (Å²) in [5.74, 6) is -3.07. The van der Waals surface area contributed by atoms with E-state index in [9.17, 15) is 26.7 Å². The molecule has 0 bridgehead atoms. The Morgan fingerprint density at radius 1 is 1.29 bits per heavy atom. The van der Waals surface area contributed by atoms with Gasteiger partial charge in [-0.1, -0.05) is 0 Å². The molecular formula is C13H13F5N2O. The highest BCUT2D eigenvalue weighted by atomic mass is 19.4. The van der Waals surface area contributed by atoms with Crippen molar-refractivity contribution in [1.82, 2.24) is 4.90 Å². The van der Waals surface area contributed by atoms with Gasteiger partial charge in [0.15, 0.2) is 0 Å². The average molecular weight is 308 g/mol. The van der Waals surface area contributed by atoms with E-state index in [0.717, 1.165) is 12.1 Å². The molecule has 1 fully saturated rings. The van der Waals surface area contributed by atoms with Crippen LogP contribution in [-0.4, -0.2) is 36.6 Å². The topological polar surface area (TPSA) is 32.3 Å². The zero-order chi connectivity index (χ0) is 15.8. The Morgan fingerprint density at radius 2 is 1.81 bits per heavy atom. The van der Waals surface area contributed by atoms with E-state index in [2.05, 4.69) is 5.32 Å². The third-order valence-corrected chi connectivity index (χ3v) is 3.14. The van der Waals surface area contributed by atoms with Gasteiger partial charge in [0, 0.05) is 18.7 Å². The fourth-order valence-corrected chi connectivity index (χ4v) is 2.05. The highest BCUT2D eigenvalue weighted by Crippen LogP contribution is 2.32. The molecule has 0 aliphatic heterocycles. The summed E-state index contributed by atoms with van der Waals surface area (Å²) in [6, 6.07) is 0.959. The molecule has 0 heterocycles. The van der Waals surface area contributed by atoms with E-state index < -0.39 is 47.6 Å². The first-order chi connectivity index (χ1) is 9.73. The number of nitrogens with one attached hydrogen (secondary N) is 1. The Kier molecular flexibility index (Phi) is 4.06. The third kappa shape index (κ3) is 3.62. The van der Waals surface area contributed by atoms with Crippen molar-refractivity contribution in [2.45, 2.75) is 25.1 Å². The molecule has 1 aliphatic carbocycles. The second-order valence-corrected chi connectivity index (χ2v) is 4.84. The number of nitrogens with zero attached hydrogens (tertiary/aromatic N) is 1. The molecule has 116 valence electrons. The van der Waals surface area contributed by atoms with E-state index in [1.165, 1.54) is 7.05 Å². The van der Waals surface area contributed by atoms with Crippen LogP contribution >= 0.6 is 0 Å². The molecule has 1 aromatic carbocycles. The molecule has 1 saturated carbocycles. The number of amides is 1. The van der Waals surface area contributed by atoms with Crippen molar-refractivity contribution in [3.05, 3.63) is 29.3 Å². The van der Waals surface area contributed by atoms with Crippen molar-refractivity contribution < 1.29 is 26.7 Å². The zero-order valence-electron chi connectivity index (χ0n) is 11.1. The second-order valence-electron chi connectivity index (χ2n) is 4.84. The molecule has 1 amide bonds. The van der Waals surface area contributed by atoms with Gasteiger partial charge in [0.2, 0.25) is 0 Å². The van der Waals surface area contributed by atoms with Gasteiger partial charge in [0.1, 0.15) is 23.9 Å². The van der Waals surface area contributed by atoms with Crippen LogP contribution in [-0.2, 0) is 0 Å². The second kappa shape index (κ2) is 5.50. The molecule has 0 spiro atoms. The van der Waals surface area contributed by atoms with Crippen LogP contribution in [0.1, 0.15) is 23.2 Å². The standard InChI is InChI=1S/C13H13F5N2O/c1-19-11-9(14)4-7(5-10(11)15)12(21)20(8-2-3-8)6-13(16,17)18/h4-5,8,19H,2-3,6H2,1H3. The van der Waals surface area contributed by atoms with E-state index in [0.29, 0.717) is 17.7 Å². The number of hydrogen-bond acceptors (Lipinski definition) is 2. The van der Waals surface area contributed by atoms with Gasteiger partial charge < -0.3 is 10.2 Å². The molecule has 1 aromatic rings. The van der Waals surface area contributed by atoms with Gasteiger partial charge in [-0.2, -0.15) is 13.2 Å². The summed E-state index contributed by atoms with van der Waals surface area (Å²) in [6.45, 7) is -1.42. The van der Waals surface area contributed by atoms with Crippen LogP contribution in [0.4, 0.5) is 27.6 Å². The Hall–Kier alpha value is -1.86. The van der Waals surface area contributed by atoms with E-state index in [-0.39, 0.29) is 0 Å². The number of benzene rings is 1. The molecule has 0 unspecified atom stereocenters. The van der Waals surface area contributed by atoms with Crippen molar-refractivity contribution in [1.29, 1.82) is 0 Å². The molecular weight excluding hydrogens is 295 g/mol. The minimum atomic E-state index is -4.56. The summed E-state index contributed by atoms with van der Waals surface area (Å²) < 4.78 is 64.7. The number of alkyl halides is 3. The molecule has 2 rings (SSSR count). The van der Waals surface area contributed by atoms with Crippen LogP contribution in [0.2, 0.25) is 0 Å². The first kappa shape index (κ1) is 15.5. The molecule has 0 saturated heterocycles. The van der Waals surface area contributed by atoms with Crippen molar-refractivity contribution in [2.24, 2.45) is 0 Å². The molecule has 1 N–H and O–H groups in total. The maximum absolute atomic E-state index is 13.6. The van der Waals surface area contributed by atoms with Crippen LogP contribution in [0.25, 0.3) is 0 Å². The number of carbonyl (C=O) groups is 1. The zero-order valence-corrected chi connectivity index (χ0v) is 11.1. The first-order valence-electron chi connectivity index (χ1n) is 6.27. The quantitative estimate of drug-likeness (QED) is 0.867. The fourth-order valence-electron chi connectivity index (χ4n) is 2.05. The first-order valence-corrected chi connectivity index (χ1v) is 6.27. The highest BCUT2D eigenvalue weighted by Gasteiger charge is 2.41. The summed E-state index contributed by atoms with van der Waals surface area (Å²) in [4.78, 5) is 12.7. The Morgan fingerprint density at radius 3 is 2.19 bits per heavy atom. The van der Waals surface area contributed by atoms with Gasteiger partial charge in [-0.25, -0.2) is 8.78 Å². The average Bonchev–Trinajstić information content (AvgIpc) is 3.17. The maximum atomic E-state index is 13.6. The van der Waals surface area contributed by atoms with Gasteiger partial charge in [-0.3, -0.25) is 4.79 Å². The lowest BCUT2D eigenvalue weighted by Crippen LogP contribution is -2.40. The van der Waals surface area contributed by atoms with Crippen molar-refractivity contribution in [3.8, 4) is 0 Å². The molecule has 0 atom stereocenters. The smallest absolute Gasteiger partial charge is 0.383 e. The van der Waals surface area contributed by atoms with Gasteiger partial charge in [-0.05, 0) is 25.0 Å². The van der Waals surface area contributed by atoms with Crippen LogP contribution < -0.4 is 5.32 Å². The molecule has 0 radical (unpaired) electrons. The predicted molar refractivity (Wildman–Crippen MR) is 66.0 cm³/mol. The van der Waals surface area contributed by atoms with Crippen LogP contribution in [0.3, 0.4) is 0 Å². The molecule has 8 heteroatoms. The summed E-state index contributed by atoms with van der Waals surface area (Å²) in [5.41, 5.74) is -0.861. The Labute approximate surface area is 117 Å². The number of hydrogen-bond donors (Lipinski definition) is 1. The van der Waals surface area contributed by atoms with Crippen LogP contribution in [0.5, 0.6) is 0 Å². The minimum absolute atomic E-state index is 0.430. The summed E-state index contributed by atoms with van der Waals surface area (Å²) in [6.07, 6.45) is -3.64. The van der Waals surface area contributed by atoms with Gasteiger partial charge in [0.25, 0.3) is 5.91 Å². The number of halogens is 5. The minimum Gasteiger partial charge on any atom is -0.383 e. The van der Waals surface area contributed by atoms with Gasteiger partial charge in [0.05, 0.1) is 0 Å². The number of rotatable bonds is 4. The van der Waals surface area contributed by atoms with Gasteiger partial charge in [-0.15, -0.1) is 0 Å².